The predicted molar refractivity (Wildman–Crippen MR) is 60.5 cm³/mol. The number of aryl methyl sites for hydroxylation is 1. The van der Waals surface area contributed by atoms with Crippen molar-refractivity contribution in [3.63, 3.8) is 0 Å². The number of hydrogen-bond donors (Lipinski definition) is 0. The molecule has 0 aliphatic rings. The second kappa shape index (κ2) is 5.45. The van der Waals surface area contributed by atoms with Gasteiger partial charge in [-0.25, -0.2) is 0 Å². The lowest BCUT2D eigenvalue weighted by molar-refractivity contribution is 0.230. The third-order valence-corrected chi connectivity index (χ3v) is 4.21. The molecule has 0 aliphatic heterocycles. The Morgan fingerprint density at radius 2 is 1.93 bits per heavy atom. The average Bonchev–Trinajstić information content (AvgIpc) is 2.19. The van der Waals surface area contributed by atoms with Crippen molar-refractivity contribution >= 4 is 12.9 Å². The van der Waals surface area contributed by atoms with Crippen LogP contribution in [-0.2, 0) is 13.6 Å². The lowest BCUT2D eigenvalue weighted by Gasteiger charge is -2.18. The largest absolute Gasteiger partial charge is 0.361 e. The summed E-state index contributed by atoms with van der Waals surface area (Å²) in [5.74, 6) is 0. The second-order valence-corrected chi connectivity index (χ2v) is 5.04. The summed E-state index contributed by atoms with van der Waals surface area (Å²) in [6, 6.07) is 8.19. The Morgan fingerprint density at radius 3 is 2.40 bits per heavy atom. The third kappa shape index (κ3) is 2.91. The molecule has 0 aliphatic carbocycles. The molecular formula is C11H16O3P. The van der Waals surface area contributed by atoms with Crippen LogP contribution in [0, 0.1) is 13.0 Å². The first-order chi connectivity index (χ1) is 7.14. The molecule has 15 heavy (non-hydrogen) atoms. The molecule has 83 valence electrons. The lowest BCUT2D eigenvalue weighted by Crippen LogP contribution is -2.13. The molecule has 0 spiro atoms. The molecule has 0 atom stereocenters. The topological polar surface area (TPSA) is 35.5 Å². The maximum absolute atomic E-state index is 12.4. The van der Waals surface area contributed by atoms with Crippen LogP contribution in [0.2, 0.25) is 0 Å². The normalized spacial score (nSPS) is 11.7. The van der Waals surface area contributed by atoms with E-state index in [1.54, 1.807) is 26.0 Å². The molecule has 0 saturated heterocycles. The van der Waals surface area contributed by atoms with Gasteiger partial charge < -0.3 is 9.05 Å². The Morgan fingerprint density at radius 1 is 1.33 bits per heavy atom. The predicted octanol–water partition coefficient (Wildman–Crippen LogP) is 2.69. The Bertz CT molecular complexity index is 353. The van der Waals surface area contributed by atoms with Crippen LogP contribution >= 0.6 is 7.60 Å². The van der Waals surface area contributed by atoms with Crippen molar-refractivity contribution in [1.82, 2.24) is 0 Å². The summed E-state index contributed by atoms with van der Waals surface area (Å²) in [6.45, 7) is 6.21. The summed E-state index contributed by atoms with van der Waals surface area (Å²) in [4.78, 5) is 0. The highest BCUT2D eigenvalue weighted by atomic mass is 31.2. The van der Waals surface area contributed by atoms with E-state index in [1.165, 1.54) is 0 Å². The van der Waals surface area contributed by atoms with E-state index in [0.717, 1.165) is 5.56 Å². The van der Waals surface area contributed by atoms with Gasteiger partial charge in [0.2, 0.25) is 0 Å². The molecule has 1 aromatic rings. The van der Waals surface area contributed by atoms with Crippen LogP contribution < -0.4 is 5.30 Å². The highest BCUT2D eigenvalue weighted by Gasteiger charge is 2.27. The van der Waals surface area contributed by atoms with E-state index in [2.05, 4.69) is 6.07 Å². The summed E-state index contributed by atoms with van der Waals surface area (Å²) in [7, 11) is -3.14. The molecule has 0 aromatic heterocycles. The van der Waals surface area contributed by atoms with Gasteiger partial charge in [-0.15, -0.1) is 0 Å². The van der Waals surface area contributed by atoms with E-state index in [-0.39, 0.29) is 0 Å². The molecule has 0 N–H and O–H groups in total. The highest BCUT2D eigenvalue weighted by Crippen LogP contribution is 2.47. The molecule has 0 fully saturated rings. The second-order valence-electron chi connectivity index (χ2n) is 3.05. The van der Waals surface area contributed by atoms with Gasteiger partial charge in [0.25, 0.3) is 0 Å². The van der Waals surface area contributed by atoms with Crippen LogP contribution in [0.4, 0.5) is 0 Å². The molecule has 0 saturated carbocycles. The average molecular weight is 227 g/mol. The summed E-state index contributed by atoms with van der Waals surface area (Å²) < 4.78 is 22.9. The van der Waals surface area contributed by atoms with Crippen LogP contribution in [0.1, 0.15) is 19.4 Å². The van der Waals surface area contributed by atoms with E-state index in [1.807, 2.05) is 13.0 Å². The maximum atomic E-state index is 12.4. The number of rotatable bonds is 5. The van der Waals surface area contributed by atoms with E-state index in [9.17, 15) is 4.57 Å². The first-order valence-electron chi connectivity index (χ1n) is 5.00. The molecular weight excluding hydrogens is 211 g/mol. The van der Waals surface area contributed by atoms with Crippen molar-refractivity contribution in [2.24, 2.45) is 0 Å². The highest BCUT2D eigenvalue weighted by molar-refractivity contribution is 7.62. The Labute approximate surface area is 90.9 Å². The smallest absolute Gasteiger partial charge is 0.305 e. The number of hydrogen-bond acceptors (Lipinski definition) is 3. The molecule has 4 heteroatoms. The van der Waals surface area contributed by atoms with Gasteiger partial charge in [0.15, 0.2) is 0 Å². The standard InChI is InChI=1S/C11H16O3P/c1-4-13-15(12,14-5-2)11-9-7-6-8-10(11)3/h6,8-9H,4-5H2,1-3H3. The van der Waals surface area contributed by atoms with Gasteiger partial charge >= 0.3 is 7.60 Å². The summed E-state index contributed by atoms with van der Waals surface area (Å²) in [5, 5.41) is 0.605. The summed E-state index contributed by atoms with van der Waals surface area (Å²) >= 11 is 0. The fraction of sp³-hybridized carbons (Fsp3) is 0.455. The van der Waals surface area contributed by atoms with Crippen molar-refractivity contribution < 1.29 is 13.6 Å². The van der Waals surface area contributed by atoms with E-state index in [0.29, 0.717) is 18.5 Å². The summed E-state index contributed by atoms with van der Waals surface area (Å²) in [5.41, 5.74) is 0.902. The van der Waals surface area contributed by atoms with E-state index in [4.69, 9.17) is 9.05 Å². The van der Waals surface area contributed by atoms with Crippen LogP contribution in [0.3, 0.4) is 0 Å². The Kier molecular flexibility index (Phi) is 4.52. The number of benzene rings is 1. The molecule has 3 nitrogen and oxygen atoms in total. The van der Waals surface area contributed by atoms with Gasteiger partial charge in [0.1, 0.15) is 0 Å². The van der Waals surface area contributed by atoms with Gasteiger partial charge in [-0.3, -0.25) is 4.57 Å². The molecule has 0 amide bonds. The minimum atomic E-state index is -3.14. The van der Waals surface area contributed by atoms with Gasteiger partial charge in [0.05, 0.1) is 18.5 Å². The zero-order valence-electron chi connectivity index (χ0n) is 9.32. The zero-order chi connectivity index (χ0) is 11.3. The fourth-order valence-corrected chi connectivity index (χ4v) is 3.08. The van der Waals surface area contributed by atoms with Crippen LogP contribution in [-0.4, -0.2) is 13.2 Å². The quantitative estimate of drug-likeness (QED) is 0.725. The van der Waals surface area contributed by atoms with Gasteiger partial charge in [-0.2, -0.15) is 0 Å². The van der Waals surface area contributed by atoms with Gasteiger partial charge in [-0.1, -0.05) is 12.1 Å². The summed E-state index contributed by atoms with van der Waals surface area (Å²) in [6.07, 6.45) is 0. The van der Waals surface area contributed by atoms with Crippen LogP contribution in [0.5, 0.6) is 0 Å². The van der Waals surface area contributed by atoms with Crippen molar-refractivity contribution in [3.05, 3.63) is 29.8 Å². The van der Waals surface area contributed by atoms with E-state index >= 15 is 0 Å². The molecule has 1 aromatic carbocycles. The molecule has 0 unspecified atom stereocenters. The minimum absolute atomic E-state index is 0.367. The van der Waals surface area contributed by atoms with Gasteiger partial charge in [-0.05, 0) is 38.5 Å². The van der Waals surface area contributed by atoms with Gasteiger partial charge in [0, 0.05) is 0 Å². The van der Waals surface area contributed by atoms with Crippen molar-refractivity contribution in [2.45, 2.75) is 20.8 Å². The first-order valence-corrected chi connectivity index (χ1v) is 6.54. The molecule has 1 radical (unpaired) electrons. The minimum Gasteiger partial charge on any atom is -0.305 e. The Balaban J connectivity index is 3.09. The lowest BCUT2D eigenvalue weighted by atomic mass is 10.2. The SMILES string of the molecule is CCOP(=O)(OCC)c1c[c]ccc1C. The van der Waals surface area contributed by atoms with E-state index < -0.39 is 7.60 Å². The van der Waals surface area contributed by atoms with Crippen LogP contribution in [0.15, 0.2) is 18.2 Å². The zero-order valence-corrected chi connectivity index (χ0v) is 10.2. The third-order valence-electron chi connectivity index (χ3n) is 1.95. The van der Waals surface area contributed by atoms with Crippen molar-refractivity contribution in [3.8, 4) is 0 Å². The maximum Gasteiger partial charge on any atom is 0.361 e. The first kappa shape index (κ1) is 12.4. The van der Waals surface area contributed by atoms with Crippen LogP contribution in [0.25, 0.3) is 0 Å². The van der Waals surface area contributed by atoms with Crippen molar-refractivity contribution in [1.29, 1.82) is 0 Å². The Hall–Kier alpha value is -0.630. The molecule has 0 bridgehead atoms. The monoisotopic (exact) mass is 227 g/mol. The molecule has 0 heterocycles. The van der Waals surface area contributed by atoms with Crippen molar-refractivity contribution in [2.75, 3.05) is 13.2 Å². The fourth-order valence-electron chi connectivity index (χ4n) is 1.31. The molecule has 1 rings (SSSR count).